The maximum absolute atomic E-state index is 13.4. The molecule has 0 spiro atoms. The minimum absolute atomic E-state index is 0.0121. The topological polar surface area (TPSA) is 80.0 Å². The summed E-state index contributed by atoms with van der Waals surface area (Å²) in [7, 11) is 0. The second-order valence-corrected chi connectivity index (χ2v) is 6.45. The lowest BCUT2D eigenvalue weighted by Crippen LogP contribution is -2.28. The van der Waals surface area contributed by atoms with Crippen molar-refractivity contribution in [2.75, 3.05) is 11.1 Å². The van der Waals surface area contributed by atoms with Crippen LogP contribution in [-0.4, -0.2) is 15.8 Å². The van der Waals surface area contributed by atoms with Gasteiger partial charge in [0.25, 0.3) is 0 Å². The van der Waals surface area contributed by atoms with E-state index in [4.69, 9.17) is 18.0 Å². The maximum Gasteiger partial charge on any atom is 0.167 e. The number of halogens is 1. The molecule has 0 unspecified atom stereocenters. The lowest BCUT2D eigenvalue weighted by atomic mass is 9.94. The predicted molar refractivity (Wildman–Crippen MR) is 104 cm³/mol. The zero-order valence-corrected chi connectivity index (χ0v) is 14.9. The summed E-state index contributed by atoms with van der Waals surface area (Å²) in [5.74, 6) is 0.0683. The molecule has 1 aromatic heterocycles. The Morgan fingerprint density at radius 3 is 2.88 bits per heavy atom. The molecule has 134 valence electrons. The van der Waals surface area contributed by atoms with E-state index in [0.29, 0.717) is 35.0 Å². The number of carbonyl (C=O) groups excluding carboxylic acids is 1. The number of anilines is 2. The van der Waals surface area contributed by atoms with Gasteiger partial charge in [-0.3, -0.25) is 4.79 Å². The van der Waals surface area contributed by atoms with Gasteiger partial charge in [-0.15, -0.1) is 0 Å². The first-order chi connectivity index (χ1) is 12.5. The molecule has 1 aliphatic rings. The Morgan fingerprint density at radius 1 is 1.27 bits per heavy atom. The fourth-order valence-electron chi connectivity index (χ4n) is 2.86. The van der Waals surface area contributed by atoms with Gasteiger partial charge in [0.1, 0.15) is 16.6 Å². The molecule has 0 saturated carbocycles. The largest absolute Gasteiger partial charge is 0.384 e. The van der Waals surface area contributed by atoms with Crippen LogP contribution in [-0.2, 0) is 11.3 Å². The Kier molecular flexibility index (Phi) is 5.58. The SMILES string of the molecule is Nc1cc(CNC2=C(C(=S)Nc3cccc(F)c3)C(=O)CCC2)ccn1. The quantitative estimate of drug-likeness (QED) is 0.701. The molecule has 0 fully saturated rings. The van der Waals surface area contributed by atoms with Crippen molar-refractivity contribution < 1.29 is 9.18 Å². The third-order valence-electron chi connectivity index (χ3n) is 4.07. The molecule has 7 heteroatoms. The van der Waals surface area contributed by atoms with E-state index >= 15 is 0 Å². The van der Waals surface area contributed by atoms with Crippen molar-refractivity contribution in [3.8, 4) is 0 Å². The Labute approximate surface area is 156 Å². The minimum Gasteiger partial charge on any atom is -0.384 e. The van der Waals surface area contributed by atoms with Crippen molar-refractivity contribution in [2.24, 2.45) is 0 Å². The summed E-state index contributed by atoms with van der Waals surface area (Å²) in [6.45, 7) is 0.515. The zero-order chi connectivity index (χ0) is 18.5. The van der Waals surface area contributed by atoms with Gasteiger partial charge in [0.05, 0.1) is 5.57 Å². The highest BCUT2D eigenvalue weighted by Crippen LogP contribution is 2.23. The Morgan fingerprint density at radius 2 is 2.12 bits per heavy atom. The van der Waals surface area contributed by atoms with E-state index in [2.05, 4.69) is 15.6 Å². The van der Waals surface area contributed by atoms with Crippen LogP contribution in [0.5, 0.6) is 0 Å². The van der Waals surface area contributed by atoms with E-state index < -0.39 is 0 Å². The van der Waals surface area contributed by atoms with Crippen molar-refractivity contribution in [2.45, 2.75) is 25.8 Å². The van der Waals surface area contributed by atoms with Crippen LogP contribution < -0.4 is 16.4 Å². The van der Waals surface area contributed by atoms with Crippen LogP contribution in [0.2, 0.25) is 0 Å². The number of nitrogen functional groups attached to an aromatic ring is 1. The molecule has 3 rings (SSSR count). The van der Waals surface area contributed by atoms with E-state index in [1.165, 1.54) is 12.1 Å². The summed E-state index contributed by atoms with van der Waals surface area (Å²) >= 11 is 5.42. The summed E-state index contributed by atoms with van der Waals surface area (Å²) in [6.07, 6.45) is 3.59. The standard InChI is InChI=1S/C19H19FN4OS/c20-13-3-1-4-14(10-13)24-19(26)18-15(5-2-6-16(18)25)23-11-12-7-8-22-17(21)9-12/h1,3-4,7-10,23H,2,5-6,11H2,(H2,21,22)(H,24,26). The molecular formula is C19H19FN4OS. The number of pyridine rings is 1. The third-order valence-corrected chi connectivity index (χ3v) is 4.38. The summed E-state index contributed by atoms with van der Waals surface area (Å²) in [6, 6.07) is 9.62. The Balaban J connectivity index is 1.79. The molecule has 2 aromatic rings. The number of hydrogen-bond donors (Lipinski definition) is 3. The molecule has 1 heterocycles. The van der Waals surface area contributed by atoms with Crippen LogP contribution in [0, 0.1) is 5.82 Å². The smallest absolute Gasteiger partial charge is 0.167 e. The van der Waals surface area contributed by atoms with Crippen molar-refractivity contribution in [3.63, 3.8) is 0 Å². The number of carbonyl (C=O) groups is 1. The van der Waals surface area contributed by atoms with Crippen LogP contribution in [0.4, 0.5) is 15.9 Å². The second-order valence-electron chi connectivity index (χ2n) is 6.04. The molecule has 5 nitrogen and oxygen atoms in total. The average molecular weight is 370 g/mol. The van der Waals surface area contributed by atoms with Crippen molar-refractivity contribution in [3.05, 3.63) is 65.2 Å². The molecule has 0 atom stereocenters. The average Bonchev–Trinajstić information content (AvgIpc) is 2.60. The van der Waals surface area contributed by atoms with Gasteiger partial charge in [-0.05, 0) is 48.7 Å². The molecule has 0 saturated heterocycles. The number of rotatable bonds is 5. The number of hydrogen-bond acceptors (Lipinski definition) is 5. The van der Waals surface area contributed by atoms with Crippen LogP contribution in [0.25, 0.3) is 0 Å². The zero-order valence-electron chi connectivity index (χ0n) is 14.1. The van der Waals surface area contributed by atoms with Crippen molar-refractivity contribution >= 4 is 34.5 Å². The monoisotopic (exact) mass is 370 g/mol. The number of nitrogens with zero attached hydrogens (tertiary/aromatic N) is 1. The fraction of sp³-hybridized carbons (Fsp3) is 0.211. The molecule has 1 aliphatic carbocycles. The lowest BCUT2D eigenvalue weighted by molar-refractivity contribution is -0.115. The molecule has 4 N–H and O–H groups in total. The number of thiocarbonyl (C=S) groups is 1. The van der Waals surface area contributed by atoms with Crippen molar-refractivity contribution in [1.29, 1.82) is 0 Å². The number of allylic oxidation sites excluding steroid dienone is 1. The van der Waals surface area contributed by atoms with Gasteiger partial charge in [0.2, 0.25) is 0 Å². The fourth-order valence-corrected chi connectivity index (χ4v) is 3.21. The summed E-state index contributed by atoms with van der Waals surface area (Å²) in [5.41, 5.74) is 8.44. The Bertz CT molecular complexity index is 881. The number of ketones is 1. The summed E-state index contributed by atoms with van der Waals surface area (Å²) < 4.78 is 13.4. The number of Topliss-reactive ketones (excluding diaryl/α,β-unsaturated/α-hetero) is 1. The molecule has 0 amide bonds. The van der Waals surface area contributed by atoms with Gasteiger partial charge in [-0.1, -0.05) is 18.3 Å². The summed E-state index contributed by atoms with van der Waals surface area (Å²) in [5, 5.41) is 6.26. The Hall–Kier alpha value is -2.80. The predicted octanol–water partition coefficient (Wildman–Crippen LogP) is 3.34. The first kappa shape index (κ1) is 18.0. The highest BCUT2D eigenvalue weighted by atomic mass is 32.1. The van der Waals surface area contributed by atoms with Crippen LogP contribution in [0.15, 0.2) is 53.9 Å². The van der Waals surface area contributed by atoms with E-state index in [1.807, 2.05) is 6.07 Å². The van der Waals surface area contributed by atoms with Crippen LogP contribution in [0.3, 0.4) is 0 Å². The van der Waals surface area contributed by atoms with Crippen LogP contribution in [0.1, 0.15) is 24.8 Å². The summed E-state index contributed by atoms with van der Waals surface area (Å²) in [4.78, 5) is 16.7. The number of benzene rings is 1. The number of nitrogens with one attached hydrogen (secondary N) is 2. The van der Waals surface area contributed by atoms with Gasteiger partial charge in [-0.25, -0.2) is 9.37 Å². The minimum atomic E-state index is -0.365. The normalized spacial score (nSPS) is 14.3. The van der Waals surface area contributed by atoms with E-state index in [0.717, 1.165) is 24.1 Å². The first-order valence-electron chi connectivity index (χ1n) is 8.30. The molecule has 0 aliphatic heterocycles. The first-order valence-corrected chi connectivity index (χ1v) is 8.71. The van der Waals surface area contributed by atoms with Gasteiger partial charge in [0, 0.05) is 30.5 Å². The van der Waals surface area contributed by atoms with Gasteiger partial charge in [-0.2, -0.15) is 0 Å². The van der Waals surface area contributed by atoms with Crippen molar-refractivity contribution in [1.82, 2.24) is 10.3 Å². The van der Waals surface area contributed by atoms with E-state index in [9.17, 15) is 9.18 Å². The molecule has 1 aromatic carbocycles. The highest BCUT2D eigenvalue weighted by Gasteiger charge is 2.24. The second kappa shape index (κ2) is 8.05. The molecular weight excluding hydrogens is 351 g/mol. The van der Waals surface area contributed by atoms with E-state index in [-0.39, 0.29) is 11.6 Å². The number of nitrogens with two attached hydrogens (primary N) is 1. The van der Waals surface area contributed by atoms with Gasteiger partial charge < -0.3 is 16.4 Å². The lowest BCUT2D eigenvalue weighted by Gasteiger charge is -2.22. The molecule has 0 radical (unpaired) electrons. The third kappa shape index (κ3) is 4.43. The molecule has 0 bridgehead atoms. The van der Waals surface area contributed by atoms with Crippen LogP contribution >= 0.6 is 12.2 Å². The van der Waals surface area contributed by atoms with E-state index in [1.54, 1.807) is 24.4 Å². The number of aromatic nitrogens is 1. The van der Waals surface area contributed by atoms with Gasteiger partial charge in [0.15, 0.2) is 5.78 Å². The molecule has 26 heavy (non-hydrogen) atoms. The maximum atomic E-state index is 13.4. The highest BCUT2D eigenvalue weighted by molar-refractivity contribution is 7.81. The van der Waals surface area contributed by atoms with Gasteiger partial charge >= 0.3 is 0 Å².